The lowest BCUT2D eigenvalue weighted by molar-refractivity contribution is -0.384. The first-order valence-electron chi connectivity index (χ1n) is 9.16. The summed E-state index contributed by atoms with van der Waals surface area (Å²) in [7, 11) is 0. The third kappa shape index (κ3) is 4.83. The summed E-state index contributed by atoms with van der Waals surface area (Å²) in [4.78, 5) is 27.0. The van der Waals surface area contributed by atoms with Crippen molar-refractivity contribution in [3.63, 3.8) is 0 Å². The van der Waals surface area contributed by atoms with Crippen LogP contribution in [0.15, 0.2) is 48.5 Å². The number of para-hydroxylation sites is 1. The average molecular weight is 368 g/mol. The second kappa shape index (κ2) is 8.64. The first-order chi connectivity index (χ1) is 13.1. The lowest BCUT2D eigenvalue weighted by atomic mass is 10.1. The lowest BCUT2D eigenvalue weighted by Crippen LogP contribution is -2.48. The Hall–Kier alpha value is -2.93. The highest BCUT2D eigenvalue weighted by atomic mass is 16.6. The summed E-state index contributed by atoms with van der Waals surface area (Å²) in [5.74, 6) is -0.000291. The van der Waals surface area contributed by atoms with Gasteiger partial charge in [-0.3, -0.25) is 19.8 Å². The van der Waals surface area contributed by atoms with Crippen LogP contribution in [0.5, 0.6) is 0 Å². The van der Waals surface area contributed by atoms with E-state index < -0.39 is 4.92 Å². The molecule has 2 aromatic rings. The number of carbonyl (C=O) groups is 1. The predicted octanol–water partition coefficient (Wildman–Crippen LogP) is 2.92. The highest BCUT2D eigenvalue weighted by molar-refractivity contribution is 5.93. The zero-order chi connectivity index (χ0) is 19.2. The smallest absolute Gasteiger partial charge is 0.269 e. The molecule has 7 nitrogen and oxygen atoms in total. The topological polar surface area (TPSA) is 78.7 Å². The largest absolute Gasteiger partial charge is 0.369 e. The number of benzene rings is 2. The Bertz CT molecular complexity index is 799. The standard InChI is InChI=1S/C20H24N4O3/c1-2-16-5-3-4-6-19(16)21-20(25)15-22-11-13-23(14-12-22)17-7-9-18(10-8-17)24(26)27/h3-10H,2,11-15H2,1H3,(H,21,25). The summed E-state index contributed by atoms with van der Waals surface area (Å²) in [5.41, 5.74) is 3.09. The van der Waals surface area contributed by atoms with Crippen molar-refractivity contribution >= 4 is 23.0 Å². The molecule has 0 aromatic heterocycles. The van der Waals surface area contributed by atoms with Gasteiger partial charge in [-0.2, -0.15) is 0 Å². The monoisotopic (exact) mass is 368 g/mol. The molecule has 1 N–H and O–H groups in total. The Balaban J connectivity index is 1.50. The number of amides is 1. The van der Waals surface area contributed by atoms with E-state index in [1.165, 1.54) is 12.1 Å². The molecule has 0 radical (unpaired) electrons. The van der Waals surface area contributed by atoms with Crippen LogP contribution in [0.2, 0.25) is 0 Å². The van der Waals surface area contributed by atoms with Gasteiger partial charge in [-0.15, -0.1) is 0 Å². The summed E-state index contributed by atoms with van der Waals surface area (Å²) >= 11 is 0. The maximum atomic E-state index is 12.4. The zero-order valence-corrected chi connectivity index (χ0v) is 15.4. The quantitative estimate of drug-likeness (QED) is 0.626. The number of nitrogens with zero attached hydrogens (tertiary/aromatic N) is 3. The molecule has 0 unspecified atom stereocenters. The van der Waals surface area contributed by atoms with Crippen LogP contribution in [0.4, 0.5) is 17.1 Å². The number of non-ortho nitro benzene ring substituents is 1. The molecular formula is C20H24N4O3. The Labute approximate surface area is 158 Å². The van der Waals surface area contributed by atoms with E-state index in [9.17, 15) is 14.9 Å². The van der Waals surface area contributed by atoms with E-state index in [1.807, 2.05) is 24.3 Å². The van der Waals surface area contributed by atoms with Gasteiger partial charge in [0.15, 0.2) is 0 Å². The van der Waals surface area contributed by atoms with E-state index in [-0.39, 0.29) is 11.6 Å². The van der Waals surface area contributed by atoms with Crippen LogP contribution >= 0.6 is 0 Å². The molecule has 1 fully saturated rings. The van der Waals surface area contributed by atoms with Crippen molar-refractivity contribution in [3.8, 4) is 0 Å². The second-order valence-electron chi connectivity index (χ2n) is 6.60. The number of hydrogen-bond acceptors (Lipinski definition) is 5. The summed E-state index contributed by atoms with van der Waals surface area (Å²) in [6, 6.07) is 14.5. The lowest BCUT2D eigenvalue weighted by Gasteiger charge is -2.35. The molecule has 0 atom stereocenters. The fourth-order valence-corrected chi connectivity index (χ4v) is 3.29. The fraction of sp³-hybridized carbons (Fsp3) is 0.350. The summed E-state index contributed by atoms with van der Waals surface area (Å²) in [6.45, 7) is 5.57. The van der Waals surface area contributed by atoms with Gasteiger partial charge in [-0.1, -0.05) is 25.1 Å². The van der Waals surface area contributed by atoms with Crippen molar-refractivity contribution in [1.29, 1.82) is 0 Å². The fourth-order valence-electron chi connectivity index (χ4n) is 3.29. The van der Waals surface area contributed by atoms with E-state index in [0.29, 0.717) is 6.54 Å². The van der Waals surface area contributed by atoms with Crippen LogP contribution < -0.4 is 10.2 Å². The number of nitro groups is 1. The maximum Gasteiger partial charge on any atom is 0.269 e. The van der Waals surface area contributed by atoms with Crippen LogP contribution in [-0.2, 0) is 11.2 Å². The van der Waals surface area contributed by atoms with Crippen LogP contribution in [0, 0.1) is 10.1 Å². The van der Waals surface area contributed by atoms with Crippen molar-refractivity contribution in [2.75, 3.05) is 42.9 Å². The van der Waals surface area contributed by atoms with Gasteiger partial charge in [0.05, 0.1) is 11.5 Å². The van der Waals surface area contributed by atoms with Crippen LogP contribution in [-0.4, -0.2) is 48.5 Å². The number of nitrogens with one attached hydrogen (secondary N) is 1. The molecule has 1 amide bonds. The Morgan fingerprint density at radius 1 is 1.07 bits per heavy atom. The molecule has 1 saturated heterocycles. The Morgan fingerprint density at radius 2 is 1.74 bits per heavy atom. The number of anilines is 2. The third-order valence-electron chi connectivity index (χ3n) is 4.84. The second-order valence-corrected chi connectivity index (χ2v) is 6.60. The normalized spacial score (nSPS) is 14.8. The molecule has 1 heterocycles. The molecule has 2 aromatic carbocycles. The highest BCUT2D eigenvalue weighted by Crippen LogP contribution is 2.21. The molecule has 3 rings (SSSR count). The van der Waals surface area contributed by atoms with Crippen molar-refractivity contribution in [2.24, 2.45) is 0 Å². The summed E-state index contributed by atoms with van der Waals surface area (Å²) < 4.78 is 0. The molecule has 142 valence electrons. The van der Waals surface area contributed by atoms with E-state index >= 15 is 0 Å². The van der Waals surface area contributed by atoms with E-state index in [1.54, 1.807) is 12.1 Å². The van der Waals surface area contributed by atoms with Gasteiger partial charge in [-0.05, 0) is 30.2 Å². The molecule has 1 aliphatic rings. The van der Waals surface area contributed by atoms with Crippen LogP contribution in [0.1, 0.15) is 12.5 Å². The molecule has 0 aliphatic carbocycles. The van der Waals surface area contributed by atoms with Crippen molar-refractivity contribution in [3.05, 3.63) is 64.2 Å². The van der Waals surface area contributed by atoms with Crippen molar-refractivity contribution in [1.82, 2.24) is 4.90 Å². The van der Waals surface area contributed by atoms with Crippen LogP contribution in [0.3, 0.4) is 0 Å². The van der Waals surface area contributed by atoms with Gasteiger partial charge in [0, 0.05) is 49.7 Å². The first kappa shape index (κ1) is 18.8. The highest BCUT2D eigenvalue weighted by Gasteiger charge is 2.20. The summed E-state index contributed by atoms with van der Waals surface area (Å²) in [5, 5.41) is 13.8. The van der Waals surface area contributed by atoms with E-state index in [2.05, 4.69) is 22.0 Å². The SMILES string of the molecule is CCc1ccccc1NC(=O)CN1CCN(c2ccc([N+](=O)[O-])cc2)CC1. The maximum absolute atomic E-state index is 12.4. The minimum Gasteiger partial charge on any atom is -0.369 e. The number of aryl methyl sites for hydroxylation is 1. The van der Waals surface area contributed by atoms with E-state index in [4.69, 9.17) is 0 Å². The Morgan fingerprint density at radius 3 is 2.37 bits per heavy atom. The molecule has 27 heavy (non-hydrogen) atoms. The zero-order valence-electron chi connectivity index (χ0n) is 15.4. The number of rotatable bonds is 6. The molecule has 0 bridgehead atoms. The minimum absolute atomic E-state index is 0.000291. The van der Waals surface area contributed by atoms with Gasteiger partial charge in [0.2, 0.25) is 5.91 Å². The van der Waals surface area contributed by atoms with Gasteiger partial charge in [0.25, 0.3) is 5.69 Å². The average Bonchev–Trinajstić information content (AvgIpc) is 2.69. The number of piperazine rings is 1. The molecule has 0 spiro atoms. The van der Waals surface area contributed by atoms with Crippen molar-refractivity contribution < 1.29 is 9.72 Å². The van der Waals surface area contributed by atoms with Crippen LogP contribution in [0.25, 0.3) is 0 Å². The molecule has 1 aliphatic heterocycles. The van der Waals surface area contributed by atoms with Gasteiger partial charge in [-0.25, -0.2) is 0 Å². The van der Waals surface area contributed by atoms with E-state index in [0.717, 1.165) is 49.5 Å². The van der Waals surface area contributed by atoms with Gasteiger partial charge < -0.3 is 10.2 Å². The molecular weight excluding hydrogens is 344 g/mol. The van der Waals surface area contributed by atoms with Crippen molar-refractivity contribution in [2.45, 2.75) is 13.3 Å². The molecule has 0 saturated carbocycles. The third-order valence-corrected chi connectivity index (χ3v) is 4.84. The number of hydrogen-bond donors (Lipinski definition) is 1. The molecule has 7 heteroatoms. The predicted molar refractivity (Wildman–Crippen MR) is 106 cm³/mol. The van der Waals surface area contributed by atoms with Gasteiger partial charge >= 0.3 is 0 Å². The number of nitro benzene ring substituents is 1. The minimum atomic E-state index is -0.392. The van der Waals surface area contributed by atoms with Gasteiger partial charge in [0.1, 0.15) is 0 Å². The first-order valence-corrected chi connectivity index (χ1v) is 9.16. The Kier molecular flexibility index (Phi) is 6.03. The summed E-state index contributed by atoms with van der Waals surface area (Å²) in [6.07, 6.45) is 0.879. The number of carbonyl (C=O) groups excluding carboxylic acids is 1.